The molecule has 3 aromatic rings. The SMILES string of the molecule is Cl.Cl.NCCn1c(Cc2ccccc2)nc2ccccc21. The van der Waals surface area contributed by atoms with Gasteiger partial charge < -0.3 is 10.3 Å². The van der Waals surface area contributed by atoms with Gasteiger partial charge in [-0.3, -0.25) is 0 Å². The van der Waals surface area contributed by atoms with E-state index in [2.05, 4.69) is 41.0 Å². The molecular formula is C16H19Cl2N3. The van der Waals surface area contributed by atoms with Crippen molar-refractivity contribution >= 4 is 35.8 Å². The van der Waals surface area contributed by atoms with Crippen molar-refractivity contribution in [1.29, 1.82) is 0 Å². The van der Waals surface area contributed by atoms with Crippen LogP contribution in [0.15, 0.2) is 54.6 Å². The molecular weight excluding hydrogens is 305 g/mol. The summed E-state index contributed by atoms with van der Waals surface area (Å²) in [5, 5.41) is 0. The number of imidazole rings is 1. The lowest BCUT2D eigenvalue weighted by Gasteiger charge is -2.07. The summed E-state index contributed by atoms with van der Waals surface area (Å²) in [6.07, 6.45) is 0.843. The minimum atomic E-state index is 0. The van der Waals surface area contributed by atoms with Gasteiger partial charge in [0.05, 0.1) is 11.0 Å². The van der Waals surface area contributed by atoms with Gasteiger partial charge in [-0.05, 0) is 17.7 Å². The van der Waals surface area contributed by atoms with Crippen LogP contribution in [0.2, 0.25) is 0 Å². The molecule has 112 valence electrons. The third-order valence-electron chi connectivity index (χ3n) is 3.29. The highest BCUT2D eigenvalue weighted by Gasteiger charge is 2.09. The number of fused-ring (bicyclic) bond motifs is 1. The van der Waals surface area contributed by atoms with Crippen molar-refractivity contribution in [2.24, 2.45) is 5.73 Å². The smallest absolute Gasteiger partial charge is 0.114 e. The van der Waals surface area contributed by atoms with Crippen LogP contribution in [0.25, 0.3) is 11.0 Å². The zero-order chi connectivity index (χ0) is 13.1. The van der Waals surface area contributed by atoms with E-state index < -0.39 is 0 Å². The van der Waals surface area contributed by atoms with E-state index in [1.165, 1.54) is 11.1 Å². The summed E-state index contributed by atoms with van der Waals surface area (Å²) >= 11 is 0. The van der Waals surface area contributed by atoms with Gasteiger partial charge in [-0.1, -0.05) is 42.5 Å². The second-order valence-electron chi connectivity index (χ2n) is 4.62. The summed E-state index contributed by atoms with van der Waals surface area (Å²) in [4.78, 5) is 4.73. The number of halogens is 2. The monoisotopic (exact) mass is 323 g/mol. The predicted octanol–water partition coefficient (Wildman–Crippen LogP) is 3.43. The van der Waals surface area contributed by atoms with Gasteiger partial charge in [-0.15, -0.1) is 24.8 Å². The highest BCUT2D eigenvalue weighted by Crippen LogP contribution is 2.18. The van der Waals surface area contributed by atoms with E-state index in [4.69, 9.17) is 10.7 Å². The molecule has 21 heavy (non-hydrogen) atoms. The zero-order valence-electron chi connectivity index (χ0n) is 11.6. The highest BCUT2D eigenvalue weighted by atomic mass is 35.5. The molecule has 0 aliphatic rings. The summed E-state index contributed by atoms with van der Waals surface area (Å²) < 4.78 is 2.22. The number of nitrogens with zero attached hydrogens (tertiary/aromatic N) is 2. The molecule has 0 amide bonds. The fraction of sp³-hybridized carbons (Fsp3) is 0.188. The number of rotatable bonds is 4. The molecule has 0 aliphatic heterocycles. The molecule has 1 aromatic heterocycles. The Kier molecular flexibility index (Phi) is 6.69. The first kappa shape index (κ1) is 17.5. The van der Waals surface area contributed by atoms with Crippen LogP contribution in [0, 0.1) is 0 Å². The second kappa shape index (κ2) is 8.03. The van der Waals surface area contributed by atoms with Crippen LogP contribution in [0.4, 0.5) is 0 Å². The molecule has 0 saturated heterocycles. The normalized spacial score (nSPS) is 9.95. The van der Waals surface area contributed by atoms with Crippen molar-refractivity contribution in [2.75, 3.05) is 6.54 Å². The van der Waals surface area contributed by atoms with E-state index in [0.717, 1.165) is 24.3 Å². The van der Waals surface area contributed by atoms with Crippen LogP contribution in [0.5, 0.6) is 0 Å². The Balaban J connectivity index is 0.00000110. The van der Waals surface area contributed by atoms with Crippen LogP contribution in [-0.4, -0.2) is 16.1 Å². The minimum absolute atomic E-state index is 0. The highest BCUT2D eigenvalue weighted by molar-refractivity contribution is 5.85. The molecule has 5 heteroatoms. The number of nitrogens with two attached hydrogens (primary N) is 1. The van der Waals surface area contributed by atoms with Crippen LogP contribution < -0.4 is 5.73 Å². The van der Waals surface area contributed by atoms with Crippen molar-refractivity contribution in [3.63, 3.8) is 0 Å². The van der Waals surface area contributed by atoms with Crippen molar-refractivity contribution in [3.8, 4) is 0 Å². The van der Waals surface area contributed by atoms with E-state index in [9.17, 15) is 0 Å². The number of aromatic nitrogens is 2. The van der Waals surface area contributed by atoms with E-state index in [-0.39, 0.29) is 24.8 Å². The van der Waals surface area contributed by atoms with Crippen LogP contribution in [0.1, 0.15) is 11.4 Å². The Morgan fingerprint density at radius 3 is 2.29 bits per heavy atom. The Bertz CT molecular complexity index is 680. The zero-order valence-corrected chi connectivity index (χ0v) is 13.2. The summed E-state index contributed by atoms with van der Waals surface area (Å²) in [6, 6.07) is 18.6. The van der Waals surface area contributed by atoms with Gasteiger partial charge in [0.1, 0.15) is 5.82 Å². The second-order valence-corrected chi connectivity index (χ2v) is 4.62. The molecule has 0 unspecified atom stereocenters. The number of hydrogen-bond acceptors (Lipinski definition) is 2. The molecule has 0 bridgehead atoms. The third-order valence-corrected chi connectivity index (χ3v) is 3.29. The molecule has 0 spiro atoms. The maximum absolute atomic E-state index is 5.72. The van der Waals surface area contributed by atoms with Crippen molar-refractivity contribution in [2.45, 2.75) is 13.0 Å². The quantitative estimate of drug-likeness (QED) is 0.799. The fourth-order valence-corrected chi connectivity index (χ4v) is 2.42. The predicted molar refractivity (Wildman–Crippen MR) is 92.5 cm³/mol. The van der Waals surface area contributed by atoms with Crippen molar-refractivity contribution in [1.82, 2.24) is 9.55 Å². The molecule has 0 aliphatic carbocycles. The Morgan fingerprint density at radius 1 is 0.905 bits per heavy atom. The van der Waals surface area contributed by atoms with Gasteiger partial charge in [0, 0.05) is 19.5 Å². The lowest BCUT2D eigenvalue weighted by atomic mass is 10.1. The molecule has 0 atom stereocenters. The van der Waals surface area contributed by atoms with Crippen molar-refractivity contribution < 1.29 is 0 Å². The average molecular weight is 324 g/mol. The molecule has 3 rings (SSSR count). The van der Waals surface area contributed by atoms with Gasteiger partial charge in [0.2, 0.25) is 0 Å². The Morgan fingerprint density at radius 2 is 1.57 bits per heavy atom. The molecule has 2 aromatic carbocycles. The third kappa shape index (κ3) is 3.76. The molecule has 0 saturated carbocycles. The number of benzene rings is 2. The molecule has 0 radical (unpaired) electrons. The van der Waals surface area contributed by atoms with Gasteiger partial charge in [-0.2, -0.15) is 0 Å². The maximum Gasteiger partial charge on any atom is 0.114 e. The molecule has 0 fully saturated rings. The van der Waals surface area contributed by atoms with Gasteiger partial charge in [-0.25, -0.2) is 4.98 Å². The first-order chi connectivity index (χ1) is 9.38. The van der Waals surface area contributed by atoms with Crippen molar-refractivity contribution in [3.05, 3.63) is 66.0 Å². The number of hydrogen-bond donors (Lipinski definition) is 1. The van der Waals surface area contributed by atoms with E-state index in [1.807, 2.05) is 18.2 Å². The number of para-hydroxylation sites is 2. The maximum atomic E-state index is 5.72. The summed E-state index contributed by atoms with van der Waals surface area (Å²) in [7, 11) is 0. The van der Waals surface area contributed by atoms with Crippen LogP contribution >= 0.6 is 24.8 Å². The Hall–Kier alpha value is -1.55. The first-order valence-electron chi connectivity index (χ1n) is 6.56. The minimum Gasteiger partial charge on any atom is -0.329 e. The summed E-state index contributed by atoms with van der Waals surface area (Å²) in [5.74, 6) is 1.08. The molecule has 1 heterocycles. The van der Waals surface area contributed by atoms with Crippen LogP contribution in [-0.2, 0) is 13.0 Å². The first-order valence-corrected chi connectivity index (χ1v) is 6.56. The standard InChI is InChI=1S/C16H17N3.2ClH/c17-10-11-19-15-9-5-4-8-14(15)18-16(19)12-13-6-2-1-3-7-13;;/h1-9H,10-12,17H2;2*1H. The van der Waals surface area contributed by atoms with Gasteiger partial charge in [0.15, 0.2) is 0 Å². The fourth-order valence-electron chi connectivity index (χ4n) is 2.42. The topological polar surface area (TPSA) is 43.8 Å². The largest absolute Gasteiger partial charge is 0.329 e. The lowest BCUT2D eigenvalue weighted by molar-refractivity contribution is 0.690. The van der Waals surface area contributed by atoms with Crippen LogP contribution in [0.3, 0.4) is 0 Å². The van der Waals surface area contributed by atoms with E-state index >= 15 is 0 Å². The summed E-state index contributed by atoms with van der Waals surface area (Å²) in [5.41, 5.74) is 9.21. The van der Waals surface area contributed by atoms with Gasteiger partial charge >= 0.3 is 0 Å². The van der Waals surface area contributed by atoms with E-state index in [0.29, 0.717) is 6.54 Å². The van der Waals surface area contributed by atoms with Gasteiger partial charge in [0.25, 0.3) is 0 Å². The summed E-state index contributed by atoms with van der Waals surface area (Å²) in [6.45, 7) is 1.44. The lowest BCUT2D eigenvalue weighted by Crippen LogP contribution is -2.12. The average Bonchev–Trinajstić information content (AvgIpc) is 2.79. The van der Waals surface area contributed by atoms with E-state index in [1.54, 1.807) is 0 Å². The molecule has 3 nitrogen and oxygen atoms in total. The molecule has 2 N–H and O–H groups in total. The Labute approximate surface area is 137 Å².